The molecule has 0 bridgehead atoms. The number of piperidine rings is 1. The minimum absolute atomic E-state index is 0.00468. The molecule has 3 aromatic rings. The van der Waals surface area contributed by atoms with Gasteiger partial charge in [-0.1, -0.05) is 5.16 Å². The quantitative estimate of drug-likeness (QED) is 0.795. The van der Waals surface area contributed by atoms with Crippen molar-refractivity contribution in [3.05, 3.63) is 47.7 Å². The Morgan fingerprint density at radius 3 is 2.76 bits per heavy atom. The number of H-pyrrole nitrogens is 1. The predicted molar refractivity (Wildman–Crippen MR) is 92.5 cm³/mol. The van der Waals surface area contributed by atoms with Crippen LogP contribution in [0.2, 0.25) is 0 Å². The molecule has 0 spiro atoms. The fraction of sp³-hybridized carbons (Fsp3) is 0.421. The van der Waals surface area contributed by atoms with Crippen LogP contribution < -0.4 is 0 Å². The Morgan fingerprint density at radius 1 is 1.16 bits per heavy atom. The Kier molecular flexibility index (Phi) is 3.36. The fourth-order valence-electron chi connectivity index (χ4n) is 3.72. The highest BCUT2D eigenvalue weighted by Gasteiger charge is 2.31. The summed E-state index contributed by atoms with van der Waals surface area (Å²) in [5.41, 5.74) is 2.82. The summed E-state index contributed by atoms with van der Waals surface area (Å²) in [6.07, 6.45) is 7.90. The number of fused-ring (bicyclic) bond motifs is 1. The van der Waals surface area contributed by atoms with E-state index < -0.39 is 0 Å². The van der Waals surface area contributed by atoms with E-state index in [9.17, 15) is 4.79 Å². The van der Waals surface area contributed by atoms with Gasteiger partial charge in [0.05, 0.1) is 0 Å². The smallest absolute Gasteiger partial charge is 0.276 e. The van der Waals surface area contributed by atoms with Gasteiger partial charge in [-0.15, -0.1) is 0 Å². The summed E-state index contributed by atoms with van der Waals surface area (Å²) in [5, 5.41) is 5.12. The first-order valence-corrected chi connectivity index (χ1v) is 8.96. The average Bonchev–Trinajstić information content (AvgIpc) is 3.22. The summed E-state index contributed by atoms with van der Waals surface area (Å²) in [6.45, 7) is 1.51. The summed E-state index contributed by atoms with van der Waals surface area (Å²) < 4.78 is 5.32. The van der Waals surface area contributed by atoms with Gasteiger partial charge in [0.2, 0.25) is 0 Å². The molecule has 0 unspecified atom stereocenters. The number of amides is 1. The van der Waals surface area contributed by atoms with Gasteiger partial charge in [-0.25, -0.2) is 0 Å². The third-order valence-corrected chi connectivity index (χ3v) is 5.39. The van der Waals surface area contributed by atoms with E-state index in [0.717, 1.165) is 55.4 Å². The second-order valence-electron chi connectivity index (χ2n) is 7.14. The molecule has 25 heavy (non-hydrogen) atoms. The number of carbonyl (C=O) groups excluding carboxylic acids is 1. The third-order valence-electron chi connectivity index (χ3n) is 5.39. The van der Waals surface area contributed by atoms with Crippen LogP contribution in [-0.4, -0.2) is 39.0 Å². The molecular formula is C19H20N4O2. The fourth-order valence-corrected chi connectivity index (χ4v) is 3.72. The molecule has 1 amide bonds. The Morgan fingerprint density at radius 2 is 2.00 bits per heavy atom. The lowest BCUT2D eigenvalue weighted by Crippen LogP contribution is -2.38. The standard InChI is InChI=1S/C19H20N4O2/c24-19(17-10-18(25-22-17)13-1-2-13)23-7-4-12(5-8-23)16-9-14-11-20-6-3-15(14)21-16/h3,6,9-13,21H,1-2,4-5,7-8H2. The van der Waals surface area contributed by atoms with Crippen molar-refractivity contribution in [2.24, 2.45) is 0 Å². The van der Waals surface area contributed by atoms with Crippen molar-refractivity contribution < 1.29 is 9.32 Å². The van der Waals surface area contributed by atoms with Gasteiger partial charge in [-0.05, 0) is 37.8 Å². The highest BCUT2D eigenvalue weighted by molar-refractivity contribution is 5.92. The van der Waals surface area contributed by atoms with Gasteiger partial charge >= 0.3 is 0 Å². The zero-order valence-electron chi connectivity index (χ0n) is 13.9. The first-order chi connectivity index (χ1) is 12.3. The van der Waals surface area contributed by atoms with E-state index in [-0.39, 0.29) is 5.91 Å². The zero-order valence-corrected chi connectivity index (χ0v) is 13.9. The van der Waals surface area contributed by atoms with Gasteiger partial charge in [-0.2, -0.15) is 0 Å². The number of pyridine rings is 1. The largest absolute Gasteiger partial charge is 0.360 e. The highest BCUT2D eigenvalue weighted by Crippen LogP contribution is 2.40. The molecule has 2 fully saturated rings. The number of carbonyl (C=O) groups is 1. The lowest BCUT2D eigenvalue weighted by atomic mass is 9.93. The van der Waals surface area contributed by atoms with Crippen molar-refractivity contribution in [1.82, 2.24) is 20.0 Å². The van der Waals surface area contributed by atoms with E-state index >= 15 is 0 Å². The minimum atomic E-state index is -0.00468. The third kappa shape index (κ3) is 2.71. The van der Waals surface area contributed by atoms with Crippen LogP contribution in [0.3, 0.4) is 0 Å². The van der Waals surface area contributed by atoms with Crippen molar-refractivity contribution in [2.45, 2.75) is 37.5 Å². The van der Waals surface area contributed by atoms with E-state index in [4.69, 9.17) is 4.52 Å². The molecule has 1 saturated heterocycles. The summed E-state index contributed by atoms with van der Waals surface area (Å²) in [4.78, 5) is 22.2. The second-order valence-corrected chi connectivity index (χ2v) is 7.14. The van der Waals surface area contributed by atoms with Crippen molar-refractivity contribution in [1.29, 1.82) is 0 Å². The molecule has 1 saturated carbocycles. The van der Waals surface area contributed by atoms with Gasteiger partial charge in [0.1, 0.15) is 5.76 Å². The predicted octanol–water partition coefficient (Wildman–Crippen LogP) is 3.45. The van der Waals surface area contributed by atoms with Crippen LogP contribution in [0.1, 0.15) is 59.5 Å². The molecule has 4 heterocycles. The molecule has 1 aliphatic carbocycles. The first-order valence-electron chi connectivity index (χ1n) is 8.96. The molecule has 0 radical (unpaired) electrons. The molecule has 2 aliphatic rings. The molecule has 1 N–H and O–H groups in total. The highest BCUT2D eigenvalue weighted by atomic mass is 16.5. The average molecular weight is 336 g/mol. The van der Waals surface area contributed by atoms with E-state index in [1.807, 2.05) is 23.2 Å². The monoisotopic (exact) mass is 336 g/mol. The lowest BCUT2D eigenvalue weighted by Gasteiger charge is -2.31. The van der Waals surface area contributed by atoms with E-state index in [2.05, 4.69) is 21.2 Å². The maximum absolute atomic E-state index is 12.6. The SMILES string of the molecule is O=C(c1cc(C2CC2)on1)N1CCC(c2cc3cnccc3[nH]2)CC1. The summed E-state index contributed by atoms with van der Waals surface area (Å²) in [5.74, 6) is 1.80. The number of aromatic amines is 1. The minimum Gasteiger partial charge on any atom is -0.360 e. The van der Waals surface area contributed by atoms with Crippen LogP contribution in [0, 0.1) is 0 Å². The van der Waals surface area contributed by atoms with E-state index in [0.29, 0.717) is 17.5 Å². The van der Waals surface area contributed by atoms with Gasteiger partial charge in [0.25, 0.3) is 5.91 Å². The normalized spacial score (nSPS) is 18.8. The maximum Gasteiger partial charge on any atom is 0.276 e. The summed E-state index contributed by atoms with van der Waals surface area (Å²) >= 11 is 0. The van der Waals surface area contributed by atoms with Gasteiger partial charge in [-0.3, -0.25) is 9.78 Å². The van der Waals surface area contributed by atoms with Crippen molar-refractivity contribution >= 4 is 16.8 Å². The van der Waals surface area contributed by atoms with Crippen molar-refractivity contribution in [2.75, 3.05) is 13.1 Å². The molecule has 0 aromatic carbocycles. The Labute approximate surface area is 145 Å². The van der Waals surface area contributed by atoms with Crippen LogP contribution in [0.25, 0.3) is 10.9 Å². The molecule has 6 nitrogen and oxygen atoms in total. The van der Waals surface area contributed by atoms with Crippen LogP contribution in [-0.2, 0) is 0 Å². The number of aromatic nitrogens is 3. The molecule has 128 valence electrons. The molecule has 1 aliphatic heterocycles. The maximum atomic E-state index is 12.6. The van der Waals surface area contributed by atoms with Crippen molar-refractivity contribution in [3.63, 3.8) is 0 Å². The lowest BCUT2D eigenvalue weighted by molar-refractivity contribution is 0.0701. The van der Waals surface area contributed by atoms with Crippen LogP contribution in [0.5, 0.6) is 0 Å². The number of hydrogen-bond acceptors (Lipinski definition) is 4. The van der Waals surface area contributed by atoms with Gasteiger partial charge < -0.3 is 14.4 Å². The van der Waals surface area contributed by atoms with Gasteiger partial charge in [0.15, 0.2) is 5.69 Å². The number of nitrogens with zero attached hydrogens (tertiary/aromatic N) is 3. The molecule has 5 rings (SSSR count). The van der Waals surface area contributed by atoms with Crippen LogP contribution in [0.15, 0.2) is 35.1 Å². The molecular weight excluding hydrogens is 316 g/mol. The number of likely N-dealkylation sites (tertiary alicyclic amines) is 1. The van der Waals surface area contributed by atoms with E-state index in [1.54, 1.807) is 6.20 Å². The van der Waals surface area contributed by atoms with E-state index in [1.165, 1.54) is 5.69 Å². The van der Waals surface area contributed by atoms with Crippen molar-refractivity contribution in [3.8, 4) is 0 Å². The molecule has 6 heteroatoms. The first kappa shape index (κ1) is 14.7. The Hall–Kier alpha value is -2.63. The molecule has 3 aromatic heterocycles. The van der Waals surface area contributed by atoms with Gasteiger partial charge in [0, 0.05) is 60.0 Å². The van der Waals surface area contributed by atoms with Crippen LogP contribution in [0.4, 0.5) is 0 Å². The number of nitrogens with one attached hydrogen (secondary N) is 1. The Balaban J connectivity index is 1.26. The number of hydrogen-bond donors (Lipinski definition) is 1. The summed E-state index contributed by atoms with van der Waals surface area (Å²) in [7, 11) is 0. The second kappa shape index (κ2) is 5.72. The molecule has 0 atom stereocenters. The number of rotatable bonds is 3. The topological polar surface area (TPSA) is 75.0 Å². The summed E-state index contributed by atoms with van der Waals surface area (Å²) in [6, 6.07) is 6.01. The van der Waals surface area contributed by atoms with Crippen LogP contribution >= 0.6 is 0 Å². The Bertz CT molecular complexity index is 883. The zero-order chi connectivity index (χ0) is 16.8.